The van der Waals surface area contributed by atoms with Gasteiger partial charge in [0.25, 0.3) is 10.1 Å². The minimum Gasteiger partial charge on any atom is -0.331 e. The second kappa shape index (κ2) is 18.0. The Balaban J connectivity index is 0. The maximum Gasteiger partial charge on any atom is 0.287 e. The molecule has 0 spiro atoms. The lowest BCUT2D eigenvalue weighted by Crippen LogP contribution is -2.35. The van der Waals surface area contributed by atoms with Gasteiger partial charge < -0.3 is 4.48 Å². The molecule has 0 unspecified atom stereocenters. The van der Waals surface area contributed by atoms with Crippen LogP contribution in [0.2, 0.25) is 0 Å². The van der Waals surface area contributed by atoms with Crippen LogP contribution in [0, 0.1) is 0 Å². The van der Waals surface area contributed by atoms with Gasteiger partial charge >= 0.3 is 0 Å². The number of nitrogens with zero attached hydrogens (tertiary/aromatic N) is 1. The highest BCUT2D eigenvalue weighted by Gasteiger charge is 2.04. The molecule has 158 valence electrons. The first-order chi connectivity index (χ1) is 12.1. The Labute approximate surface area is 164 Å². The van der Waals surface area contributed by atoms with Crippen LogP contribution in [0.15, 0.2) is 12.0 Å². The van der Waals surface area contributed by atoms with E-state index in [0.29, 0.717) is 5.41 Å². The summed E-state index contributed by atoms with van der Waals surface area (Å²) in [5.74, 6) is 0. The SMILES string of the molecule is C=CS(=O)(=O)O.CCCCCCCCCCCCCCCC[N+](C)(C)C. The standard InChI is InChI=1S/C19H42N.C2H4O3S/c1-5-6-7-8-9-10-11-12-13-14-15-16-17-18-19-20(2,3)4;1-2-6(3,4)5/h5-19H2,1-4H3;2H,1H2,(H,3,4,5)/q+1;. The van der Waals surface area contributed by atoms with Crippen molar-refractivity contribution in [1.82, 2.24) is 0 Å². The normalized spacial score (nSPS) is 11.7. The highest BCUT2D eigenvalue weighted by atomic mass is 32.2. The summed E-state index contributed by atoms with van der Waals surface area (Å²) in [5.41, 5.74) is 0. The topological polar surface area (TPSA) is 54.4 Å². The number of hydrogen-bond donors (Lipinski definition) is 1. The van der Waals surface area contributed by atoms with E-state index in [-0.39, 0.29) is 0 Å². The van der Waals surface area contributed by atoms with Crippen LogP contribution in [0.1, 0.15) is 96.8 Å². The molecule has 1 N–H and O–H groups in total. The Bertz CT molecular complexity index is 388. The summed E-state index contributed by atoms with van der Waals surface area (Å²) in [6.45, 7) is 6.42. The molecule has 0 aromatic heterocycles. The van der Waals surface area contributed by atoms with Crippen molar-refractivity contribution >= 4 is 10.1 Å². The van der Waals surface area contributed by atoms with Gasteiger partial charge in [-0.2, -0.15) is 8.42 Å². The second-order valence-electron chi connectivity index (χ2n) is 8.29. The van der Waals surface area contributed by atoms with Gasteiger partial charge in [-0.25, -0.2) is 0 Å². The van der Waals surface area contributed by atoms with Gasteiger partial charge in [0.05, 0.1) is 33.1 Å². The molecular weight excluding hydrogens is 346 g/mol. The Morgan fingerprint density at radius 3 is 1.23 bits per heavy atom. The maximum absolute atomic E-state index is 9.44. The van der Waals surface area contributed by atoms with E-state index in [4.69, 9.17) is 4.55 Å². The van der Waals surface area contributed by atoms with E-state index in [1.165, 1.54) is 96.4 Å². The van der Waals surface area contributed by atoms with E-state index in [2.05, 4.69) is 34.6 Å². The Kier molecular flexibility index (Phi) is 19.3. The van der Waals surface area contributed by atoms with Crippen LogP contribution >= 0.6 is 0 Å². The second-order valence-corrected chi connectivity index (χ2v) is 9.66. The highest BCUT2D eigenvalue weighted by Crippen LogP contribution is 2.13. The Morgan fingerprint density at radius 1 is 0.731 bits per heavy atom. The van der Waals surface area contributed by atoms with Crippen molar-refractivity contribution in [3.8, 4) is 0 Å². The monoisotopic (exact) mass is 392 g/mol. The zero-order valence-corrected chi connectivity index (χ0v) is 18.8. The summed E-state index contributed by atoms with van der Waals surface area (Å²) in [7, 11) is 2.98. The van der Waals surface area contributed by atoms with Crippen LogP contribution in [-0.2, 0) is 10.1 Å². The zero-order valence-electron chi connectivity index (χ0n) is 18.0. The predicted molar refractivity (Wildman–Crippen MR) is 115 cm³/mol. The van der Waals surface area contributed by atoms with E-state index < -0.39 is 10.1 Å². The lowest BCUT2D eigenvalue weighted by atomic mass is 10.0. The minimum absolute atomic E-state index is 0.465. The van der Waals surface area contributed by atoms with Crippen molar-refractivity contribution in [2.24, 2.45) is 0 Å². The molecule has 0 atom stereocenters. The molecule has 0 radical (unpaired) electrons. The van der Waals surface area contributed by atoms with Gasteiger partial charge in [-0.15, -0.1) is 0 Å². The molecule has 0 heterocycles. The van der Waals surface area contributed by atoms with Crippen molar-refractivity contribution in [3.63, 3.8) is 0 Å². The minimum atomic E-state index is -3.90. The molecule has 0 amide bonds. The molecule has 5 heteroatoms. The van der Waals surface area contributed by atoms with E-state index in [1.807, 2.05) is 0 Å². The third-order valence-electron chi connectivity index (χ3n) is 4.39. The first-order valence-electron chi connectivity index (χ1n) is 10.5. The largest absolute Gasteiger partial charge is 0.331 e. The smallest absolute Gasteiger partial charge is 0.287 e. The Hall–Kier alpha value is -0.390. The fraction of sp³-hybridized carbons (Fsp3) is 0.905. The summed E-state index contributed by atoms with van der Waals surface area (Å²) < 4.78 is 27.7. The quantitative estimate of drug-likeness (QED) is 0.193. The molecular formula is C21H46NO3S+. The number of rotatable bonds is 16. The molecule has 0 fully saturated rings. The van der Waals surface area contributed by atoms with Crippen LogP contribution in [-0.4, -0.2) is 45.1 Å². The Morgan fingerprint density at radius 2 is 1.00 bits per heavy atom. The van der Waals surface area contributed by atoms with Gasteiger partial charge in [-0.3, -0.25) is 4.55 Å². The molecule has 0 aliphatic heterocycles. The summed E-state index contributed by atoms with van der Waals surface area (Å²) in [5, 5.41) is 0.465. The molecule has 26 heavy (non-hydrogen) atoms. The van der Waals surface area contributed by atoms with Gasteiger partial charge in [0, 0.05) is 0 Å². The van der Waals surface area contributed by atoms with Gasteiger partial charge in [-0.05, 0) is 12.8 Å². The van der Waals surface area contributed by atoms with Crippen molar-refractivity contribution in [3.05, 3.63) is 12.0 Å². The number of hydrogen-bond acceptors (Lipinski definition) is 2. The van der Waals surface area contributed by atoms with Crippen molar-refractivity contribution < 1.29 is 17.5 Å². The van der Waals surface area contributed by atoms with Gasteiger partial charge in [0.15, 0.2) is 0 Å². The van der Waals surface area contributed by atoms with Gasteiger partial charge in [-0.1, -0.05) is 90.6 Å². The predicted octanol–water partition coefficient (Wildman–Crippen LogP) is 6.19. The third kappa shape index (κ3) is 31.4. The van der Waals surface area contributed by atoms with Crippen LogP contribution in [0.4, 0.5) is 0 Å². The molecule has 0 saturated carbocycles. The van der Waals surface area contributed by atoms with Gasteiger partial charge in [0.1, 0.15) is 0 Å². The van der Waals surface area contributed by atoms with Crippen molar-refractivity contribution in [2.75, 3.05) is 27.7 Å². The maximum atomic E-state index is 9.44. The first kappa shape index (κ1) is 27.8. The molecule has 0 saturated heterocycles. The third-order valence-corrected chi connectivity index (χ3v) is 4.81. The summed E-state index contributed by atoms with van der Waals surface area (Å²) >= 11 is 0. The van der Waals surface area contributed by atoms with Crippen LogP contribution in [0.5, 0.6) is 0 Å². The molecule has 0 aliphatic rings. The molecule has 0 aromatic rings. The zero-order chi connectivity index (χ0) is 20.3. The lowest BCUT2D eigenvalue weighted by molar-refractivity contribution is -0.870. The average molecular weight is 393 g/mol. The number of quaternary nitrogens is 1. The van der Waals surface area contributed by atoms with E-state index >= 15 is 0 Å². The van der Waals surface area contributed by atoms with E-state index in [1.54, 1.807) is 0 Å². The fourth-order valence-corrected chi connectivity index (χ4v) is 2.78. The summed E-state index contributed by atoms with van der Waals surface area (Å²) in [6, 6.07) is 0. The lowest BCUT2D eigenvalue weighted by Gasteiger charge is -2.23. The van der Waals surface area contributed by atoms with Crippen LogP contribution in [0.3, 0.4) is 0 Å². The molecule has 0 aromatic carbocycles. The van der Waals surface area contributed by atoms with Crippen LogP contribution < -0.4 is 0 Å². The molecule has 4 nitrogen and oxygen atoms in total. The fourth-order valence-electron chi connectivity index (χ4n) is 2.78. The van der Waals surface area contributed by atoms with E-state index in [0.717, 1.165) is 4.48 Å². The van der Waals surface area contributed by atoms with Crippen LogP contribution in [0.25, 0.3) is 0 Å². The molecule has 0 rings (SSSR count). The highest BCUT2D eigenvalue weighted by molar-refractivity contribution is 7.88. The van der Waals surface area contributed by atoms with E-state index in [9.17, 15) is 8.42 Å². The first-order valence-corrected chi connectivity index (χ1v) is 12.0. The van der Waals surface area contributed by atoms with Gasteiger partial charge in [0.2, 0.25) is 0 Å². The number of unbranched alkanes of at least 4 members (excludes halogenated alkanes) is 13. The molecule has 0 bridgehead atoms. The van der Waals surface area contributed by atoms with Crippen molar-refractivity contribution in [1.29, 1.82) is 0 Å². The summed E-state index contributed by atoms with van der Waals surface area (Å²) in [4.78, 5) is 0. The van der Waals surface area contributed by atoms with Crippen molar-refractivity contribution in [2.45, 2.75) is 96.8 Å². The summed E-state index contributed by atoms with van der Waals surface area (Å²) in [6.07, 6.45) is 20.4. The average Bonchev–Trinajstić information content (AvgIpc) is 2.54. The molecule has 0 aliphatic carbocycles.